The van der Waals surface area contributed by atoms with Crippen molar-refractivity contribution in [2.24, 2.45) is 0 Å². The van der Waals surface area contributed by atoms with Gasteiger partial charge in [-0.3, -0.25) is 0 Å². The minimum absolute atomic E-state index is 0.134. The molecule has 0 radical (unpaired) electrons. The van der Waals surface area contributed by atoms with Crippen LogP contribution in [0.3, 0.4) is 0 Å². The van der Waals surface area contributed by atoms with Crippen LogP contribution in [0.25, 0.3) is 21.3 Å². The van der Waals surface area contributed by atoms with Crippen molar-refractivity contribution in [3.05, 3.63) is 77.4 Å². The Morgan fingerprint density at radius 3 is 2.61 bits per heavy atom. The number of nitrogens with zero attached hydrogens (tertiary/aromatic N) is 1. The number of carboxylic acid groups (broad SMARTS) is 1. The first-order chi connectivity index (χ1) is 13.4. The molecule has 4 rings (SSSR count). The smallest absolute Gasteiger partial charge is 0.336 e. The minimum atomic E-state index is -1.06. The molecule has 4 nitrogen and oxygen atoms in total. The molecule has 0 unspecified atom stereocenters. The Labute approximate surface area is 163 Å². The predicted octanol–water partition coefficient (Wildman–Crippen LogP) is 5.99. The van der Waals surface area contributed by atoms with Crippen molar-refractivity contribution in [3.63, 3.8) is 0 Å². The summed E-state index contributed by atoms with van der Waals surface area (Å²) in [6.45, 7) is 1.68. The van der Waals surface area contributed by atoms with Crippen LogP contribution < -0.4 is 5.32 Å². The number of aromatic nitrogens is 1. The van der Waals surface area contributed by atoms with Gasteiger partial charge in [0.15, 0.2) is 5.13 Å². The fourth-order valence-corrected chi connectivity index (χ4v) is 3.96. The molecule has 0 fully saturated rings. The van der Waals surface area contributed by atoms with Crippen LogP contribution in [0.5, 0.6) is 0 Å². The van der Waals surface area contributed by atoms with E-state index in [0.29, 0.717) is 37.7 Å². The van der Waals surface area contributed by atoms with Crippen LogP contribution in [-0.2, 0) is 0 Å². The van der Waals surface area contributed by atoms with E-state index in [2.05, 4.69) is 10.3 Å². The third-order valence-electron chi connectivity index (χ3n) is 4.41. The zero-order valence-corrected chi connectivity index (χ0v) is 15.5. The van der Waals surface area contributed by atoms with Crippen LogP contribution in [0.1, 0.15) is 15.9 Å². The molecule has 3 aromatic carbocycles. The summed E-state index contributed by atoms with van der Waals surface area (Å²) in [5, 5.41) is 13.1. The average Bonchev–Trinajstić information content (AvgIpc) is 3.04. The fourth-order valence-electron chi connectivity index (χ4n) is 3.06. The molecule has 0 aliphatic heterocycles. The summed E-state index contributed by atoms with van der Waals surface area (Å²) < 4.78 is 27.9. The van der Waals surface area contributed by atoms with Gasteiger partial charge in [-0.05, 0) is 54.4 Å². The monoisotopic (exact) mass is 396 g/mol. The molecular formula is C21H14F2N2O2S. The lowest BCUT2D eigenvalue weighted by molar-refractivity contribution is 0.0696. The SMILES string of the molecule is Cc1c(C(=O)O)ccc(-c2cccc(F)c2)c1Nc1nc2ccc(F)cc2s1. The van der Waals surface area contributed by atoms with E-state index < -0.39 is 5.97 Å². The maximum Gasteiger partial charge on any atom is 0.336 e. The lowest BCUT2D eigenvalue weighted by Crippen LogP contribution is -2.04. The predicted molar refractivity (Wildman–Crippen MR) is 106 cm³/mol. The number of carboxylic acids is 1. The van der Waals surface area contributed by atoms with Gasteiger partial charge in [-0.25, -0.2) is 18.6 Å². The van der Waals surface area contributed by atoms with Gasteiger partial charge >= 0.3 is 5.97 Å². The molecular weight excluding hydrogens is 382 g/mol. The van der Waals surface area contributed by atoms with Crippen molar-refractivity contribution >= 4 is 38.3 Å². The molecule has 1 heterocycles. The molecule has 2 N–H and O–H groups in total. The van der Waals surface area contributed by atoms with E-state index in [1.54, 1.807) is 31.2 Å². The fraction of sp³-hybridized carbons (Fsp3) is 0.0476. The normalized spacial score (nSPS) is 11.0. The quantitative estimate of drug-likeness (QED) is 0.445. The first-order valence-electron chi connectivity index (χ1n) is 8.38. The number of benzene rings is 3. The number of nitrogens with one attached hydrogen (secondary N) is 1. The topological polar surface area (TPSA) is 62.2 Å². The Hall–Kier alpha value is -3.32. The van der Waals surface area contributed by atoms with E-state index in [9.17, 15) is 18.7 Å². The number of anilines is 2. The van der Waals surface area contributed by atoms with Crippen molar-refractivity contribution in [3.8, 4) is 11.1 Å². The summed E-state index contributed by atoms with van der Waals surface area (Å²) >= 11 is 1.25. The van der Waals surface area contributed by atoms with Gasteiger partial charge in [0.25, 0.3) is 0 Å². The van der Waals surface area contributed by atoms with E-state index in [1.807, 2.05) is 0 Å². The second-order valence-corrected chi connectivity index (χ2v) is 7.26. The number of thiazole rings is 1. The molecule has 28 heavy (non-hydrogen) atoms. The van der Waals surface area contributed by atoms with Crippen LogP contribution in [0.4, 0.5) is 19.6 Å². The first kappa shape index (κ1) is 18.1. The number of hydrogen-bond acceptors (Lipinski definition) is 4. The molecule has 1 aromatic heterocycles. The van der Waals surface area contributed by atoms with Gasteiger partial charge in [0.05, 0.1) is 21.5 Å². The Morgan fingerprint density at radius 2 is 1.86 bits per heavy atom. The Balaban J connectivity index is 1.86. The van der Waals surface area contributed by atoms with E-state index in [-0.39, 0.29) is 17.2 Å². The highest BCUT2D eigenvalue weighted by molar-refractivity contribution is 7.22. The van der Waals surface area contributed by atoms with Crippen molar-refractivity contribution in [2.45, 2.75) is 6.92 Å². The average molecular weight is 396 g/mol. The van der Waals surface area contributed by atoms with Gasteiger partial charge in [-0.15, -0.1) is 0 Å². The summed E-state index contributed by atoms with van der Waals surface area (Å²) in [6, 6.07) is 13.5. The van der Waals surface area contributed by atoms with Gasteiger partial charge < -0.3 is 10.4 Å². The molecule has 4 aromatic rings. The van der Waals surface area contributed by atoms with E-state index in [0.717, 1.165) is 0 Å². The first-order valence-corrected chi connectivity index (χ1v) is 9.20. The summed E-state index contributed by atoms with van der Waals surface area (Å²) in [5.74, 6) is -1.80. The summed E-state index contributed by atoms with van der Waals surface area (Å²) in [5.41, 5.74) is 3.04. The zero-order chi connectivity index (χ0) is 19.8. The second-order valence-electron chi connectivity index (χ2n) is 6.23. The maximum absolute atomic E-state index is 13.7. The second kappa shape index (κ2) is 7.01. The third kappa shape index (κ3) is 3.32. The highest BCUT2D eigenvalue weighted by atomic mass is 32.1. The number of fused-ring (bicyclic) bond motifs is 1. The Bertz CT molecular complexity index is 1220. The van der Waals surface area contributed by atoms with Gasteiger partial charge in [-0.1, -0.05) is 29.5 Å². The molecule has 7 heteroatoms. The van der Waals surface area contributed by atoms with E-state index >= 15 is 0 Å². The molecule has 0 spiro atoms. The van der Waals surface area contributed by atoms with Crippen LogP contribution in [0, 0.1) is 18.6 Å². The van der Waals surface area contributed by atoms with Crippen LogP contribution in [-0.4, -0.2) is 16.1 Å². The lowest BCUT2D eigenvalue weighted by Gasteiger charge is -2.15. The standard InChI is InChI=1S/C21H14F2N2O2S/c1-11-15(20(26)27)6-7-16(12-3-2-4-13(22)9-12)19(11)25-21-24-17-8-5-14(23)10-18(17)28-21/h2-10H,1H3,(H,24,25)(H,26,27). The molecule has 0 atom stereocenters. The summed E-state index contributed by atoms with van der Waals surface area (Å²) in [6.07, 6.45) is 0. The number of aromatic carboxylic acids is 1. The van der Waals surface area contributed by atoms with E-state index in [1.165, 1.54) is 41.7 Å². The van der Waals surface area contributed by atoms with Crippen LogP contribution in [0.2, 0.25) is 0 Å². The lowest BCUT2D eigenvalue weighted by atomic mass is 9.96. The molecule has 0 saturated heterocycles. The zero-order valence-electron chi connectivity index (χ0n) is 14.7. The van der Waals surface area contributed by atoms with Crippen molar-refractivity contribution in [2.75, 3.05) is 5.32 Å². The molecule has 140 valence electrons. The molecule has 0 aliphatic carbocycles. The van der Waals surface area contributed by atoms with Crippen molar-refractivity contribution in [1.29, 1.82) is 0 Å². The minimum Gasteiger partial charge on any atom is -0.478 e. The summed E-state index contributed by atoms with van der Waals surface area (Å²) in [7, 11) is 0. The Kier molecular flexibility index (Phi) is 4.52. The van der Waals surface area contributed by atoms with E-state index in [4.69, 9.17) is 0 Å². The molecule has 0 bridgehead atoms. The molecule has 0 saturated carbocycles. The molecule has 0 aliphatic rings. The van der Waals surface area contributed by atoms with Crippen LogP contribution >= 0.6 is 11.3 Å². The summed E-state index contributed by atoms with van der Waals surface area (Å²) in [4.78, 5) is 16.0. The van der Waals surface area contributed by atoms with Crippen molar-refractivity contribution < 1.29 is 18.7 Å². The number of halogens is 2. The van der Waals surface area contributed by atoms with Crippen molar-refractivity contribution in [1.82, 2.24) is 4.98 Å². The van der Waals surface area contributed by atoms with Gasteiger partial charge in [-0.2, -0.15) is 0 Å². The number of carbonyl (C=O) groups is 1. The maximum atomic E-state index is 13.7. The highest BCUT2D eigenvalue weighted by Crippen LogP contribution is 2.37. The van der Waals surface area contributed by atoms with Gasteiger partial charge in [0.2, 0.25) is 0 Å². The van der Waals surface area contributed by atoms with Gasteiger partial charge in [0.1, 0.15) is 11.6 Å². The third-order valence-corrected chi connectivity index (χ3v) is 5.35. The molecule has 0 amide bonds. The Morgan fingerprint density at radius 1 is 1.07 bits per heavy atom. The largest absolute Gasteiger partial charge is 0.478 e. The van der Waals surface area contributed by atoms with Gasteiger partial charge in [0, 0.05) is 5.56 Å². The highest BCUT2D eigenvalue weighted by Gasteiger charge is 2.17. The number of hydrogen-bond donors (Lipinski definition) is 2. The number of rotatable bonds is 4. The van der Waals surface area contributed by atoms with Crippen LogP contribution in [0.15, 0.2) is 54.6 Å².